The standard InChI is InChI=1S/C16H24N2O4S/c17-7-1-10-21-14-4-8-18(9-5-14)23(19,20)15-2-3-16-13(12-15)6-11-22-16/h2-3,12,14H,1,4-11,17H2. The van der Waals surface area contributed by atoms with Gasteiger partial charge in [0.2, 0.25) is 10.0 Å². The maximum absolute atomic E-state index is 12.8. The Morgan fingerprint density at radius 2 is 2.09 bits per heavy atom. The summed E-state index contributed by atoms with van der Waals surface area (Å²) in [6.45, 7) is 2.91. The van der Waals surface area contributed by atoms with Crippen molar-refractivity contribution in [1.82, 2.24) is 4.31 Å². The van der Waals surface area contributed by atoms with Gasteiger partial charge in [-0.05, 0) is 49.6 Å². The summed E-state index contributed by atoms with van der Waals surface area (Å²) in [5.41, 5.74) is 6.43. The van der Waals surface area contributed by atoms with Gasteiger partial charge in [-0.3, -0.25) is 0 Å². The van der Waals surface area contributed by atoms with Crippen LogP contribution in [-0.2, 0) is 21.2 Å². The number of sulfonamides is 1. The molecule has 0 radical (unpaired) electrons. The second-order valence-electron chi connectivity index (χ2n) is 5.98. The summed E-state index contributed by atoms with van der Waals surface area (Å²) in [7, 11) is -3.43. The number of hydrogen-bond donors (Lipinski definition) is 1. The molecule has 1 fully saturated rings. The monoisotopic (exact) mass is 340 g/mol. The lowest BCUT2D eigenvalue weighted by Gasteiger charge is -2.31. The van der Waals surface area contributed by atoms with Gasteiger partial charge in [-0.25, -0.2) is 8.42 Å². The first-order valence-electron chi connectivity index (χ1n) is 8.19. The predicted octanol–water partition coefficient (Wildman–Crippen LogP) is 1.14. The van der Waals surface area contributed by atoms with Crippen molar-refractivity contribution >= 4 is 10.0 Å². The highest BCUT2D eigenvalue weighted by molar-refractivity contribution is 7.89. The molecule has 0 atom stereocenters. The molecule has 2 aliphatic heterocycles. The lowest BCUT2D eigenvalue weighted by molar-refractivity contribution is 0.0209. The minimum atomic E-state index is -3.43. The highest BCUT2D eigenvalue weighted by Crippen LogP contribution is 2.30. The number of nitrogens with zero attached hydrogens (tertiary/aromatic N) is 1. The second-order valence-corrected chi connectivity index (χ2v) is 7.92. The summed E-state index contributed by atoms with van der Waals surface area (Å²) in [6.07, 6.45) is 3.22. The molecule has 1 aromatic carbocycles. The van der Waals surface area contributed by atoms with Crippen molar-refractivity contribution in [1.29, 1.82) is 0 Å². The topological polar surface area (TPSA) is 81.9 Å². The molecule has 2 heterocycles. The van der Waals surface area contributed by atoms with Gasteiger partial charge >= 0.3 is 0 Å². The van der Waals surface area contributed by atoms with Gasteiger partial charge in [0.1, 0.15) is 5.75 Å². The molecule has 0 aliphatic carbocycles. The fourth-order valence-corrected chi connectivity index (χ4v) is 4.57. The van der Waals surface area contributed by atoms with E-state index in [0.717, 1.165) is 37.0 Å². The van der Waals surface area contributed by atoms with Crippen molar-refractivity contribution in [3.05, 3.63) is 23.8 Å². The SMILES string of the molecule is NCCCOC1CCN(S(=O)(=O)c2ccc3c(c2)CCO3)CC1. The van der Waals surface area contributed by atoms with Gasteiger partial charge in [-0.2, -0.15) is 4.31 Å². The highest BCUT2D eigenvalue weighted by atomic mass is 32.2. The van der Waals surface area contributed by atoms with Gasteiger partial charge in [0.15, 0.2) is 0 Å². The lowest BCUT2D eigenvalue weighted by Crippen LogP contribution is -2.41. The van der Waals surface area contributed by atoms with E-state index in [0.29, 0.717) is 37.7 Å². The molecule has 3 rings (SSSR count). The number of benzene rings is 1. The van der Waals surface area contributed by atoms with Crippen LogP contribution in [0.5, 0.6) is 5.75 Å². The van der Waals surface area contributed by atoms with E-state index in [9.17, 15) is 8.42 Å². The van der Waals surface area contributed by atoms with Crippen LogP contribution in [0, 0.1) is 0 Å². The first-order valence-corrected chi connectivity index (χ1v) is 9.63. The first kappa shape index (κ1) is 16.7. The van der Waals surface area contributed by atoms with E-state index in [2.05, 4.69) is 0 Å². The first-order chi connectivity index (χ1) is 11.1. The van der Waals surface area contributed by atoms with Crippen molar-refractivity contribution in [2.75, 3.05) is 32.8 Å². The molecule has 1 saturated heterocycles. The molecule has 0 bridgehead atoms. The zero-order valence-electron chi connectivity index (χ0n) is 13.2. The van der Waals surface area contributed by atoms with Crippen LogP contribution < -0.4 is 10.5 Å². The van der Waals surface area contributed by atoms with Crippen LogP contribution in [0.1, 0.15) is 24.8 Å². The Bertz CT molecular complexity index is 639. The molecule has 0 saturated carbocycles. The van der Waals surface area contributed by atoms with Crippen molar-refractivity contribution in [2.24, 2.45) is 5.73 Å². The molecule has 2 N–H and O–H groups in total. The summed E-state index contributed by atoms with van der Waals surface area (Å²) >= 11 is 0. The van der Waals surface area contributed by atoms with Crippen LogP contribution in [0.4, 0.5) is 0 Å². The molecule has 0 aromatic heterocycles. The Balaban J connectivity index is 1.63. The summed E-state index contributed by atoms with van der Waals surface area (Å²) in [5.74, 6) is 0.802. The third-order valence-corrected chi connectivity index (χ3v) is 6.30. The number of ether oxygens (including phenoxy) is 2. The Hall–Kier alpha value is -1.15. The van der Waals surface area contributed by atoms with Crippen LogP contribution >= 0.6 is 0 Å². The number of fused-ring (bicyclic) bond motifs is 1. The van der Waals surface area contributed by atoms with E-state index in [-0.39, 0.29) is 6.10 Å². The van der Waals surface area contributed by atoms with E-state index in [1.807, 2.05) is 0 Å². The smallest absolute Gasteiger partial charge is 0.243 e. The summed E-state index contributed by atoms with van der Waals surface area (Å²) < 4.78 is 38.3. The molecule has 7 heteroatoms. The van der Waals surface area contributed by atoms with E-state index >= 15 is 0 Å². The average molecular weight is 340 g/mol. The fraction of sp³-hybridized carbons (Fsp3) is 0.625. The molecular weight excluding hydrogens is 316 g/mol. The van der Waals surface area contributed by atoms with Crippen LogP contribution in [0.2, 0.25) is 0 Å². The fourth-order valence-electron chi connectivity index (χ4n) is 3.04. The van der Waals surface area contributed by atoms with Gasteiger partial charge in [0.25, 0.3) is 0 Å². The van der Waals surface area contributed by atoms with Crippen molar-refractivity contribution < 1.29 is 17.9 Å². The molecule has 0 amide bonds. The minimum absolute atomic E-state index is 0.140. The Labute approximate surface area is 137 Å². The Morgan fingerprint density at radius 3 is 2.83 bits per heavy atom. The number of nitrogens with two attached hydrogens (primary N) is 1. The Morgan fingerprint density at radius 1 is 1.30 bits per heavy atom. The zero-order valence-corrected chi connectivity index (χ0v) is 14.1. The van der Waals surface area contributed by atoms with E-state index in [1.54, 1.807) is 22.5 Å². The van der Waals surface area contributed by atoms with E-state index in [4.69, 9.17) is 15.2 Å². The summed E-state index contributed by atoms with van der Waals surface area (Å²) in [4.78, 5) is 0.365. The molecule has 1 aromatic rings. The quantitative estimate of drug-likeness (QED) is 0.785. The van der Waals surface area contributed by atoms with Crippen LogP contribution in [0.25, 0.3) is 0 Å². The van der Waals surface area contributed by atoms with Crippen LogP contribution in [-0.4, -0.2) is 51.7 Å². The molecule has 0 spiro atoms. The van der Waals surface area contributed by atoms with Gasteiger partial charge in [-0.15, -0.1) is 0 Å². The molecular formula is C16H24N2O4S. The Kier molecular flexibility index (Phi) is 5.21. The maximum atomic E-state index is 12.8. The number of hydrogen-bond acceptors (Lipinski definition) is 5. The lowest BCUT2D eigenvalue weighted by atomic mass is 10.1. The average Bonchev–Trinajstić information content (AvgIpc) is 3.03. The number of piperidine rings is 1. The van der Waals surface area contributed by atoms with Gasteiger partial charge < -0.3 is 15.2 Å². The number of rotatable bonds is 6. The zero-order chi connectivity index (χ0) is 16.3. The molecule has 0 unspecified atom stereocenters. The predicted molar refractivity (Wildman–Crippen MR) is 87.0 cm³/mol. The summed E-state index contributed by atoms with van der Waals surface area (Å²) in [6, 6.07) is 5.16. The van der Waals surface area contributed by atoms with Gasteiger partial charge in [-0.1, -0.05) is 0 Å². The highest BCUT2D eigenvalue weighted by Gasteiger charge is 2.30. The molecule has 2 aliphatic rings. The second kappa shape index (κ2) is 7.17. The molecule has 128 valence electrons. The van der Waals surface area contributed by atoms with Crippen molar-refractivity contribution in [2.45, 2.75) is 36.7 Å². The van der Waals surface area contributed by atoms with Crippen molar-refractivity contribution in [3.63, 3.8) is 0 Å². The third kappa shape index (κ3) is 3.68. The normalized spacial score (nSPS) is 19.5. The van der Waals surface area contributed by atoms with Crippen LogP contribution in [0.15, 0.2) is 23.1 Å². The maximum Gasteiger partial charge on any atom is 0.243 e. The molecule has 23 heavy (non-hydrogen) atoms. The van der Waals surface area contributed by atoms with E-state index < -0.39 is 10.0 Å². The van der Waals surface area contributed by atoms with Gasteiger partial charge in [0, 0.05) is 26.1 Å². The minimum Gasteiger partial charge on any atom is -0.493 e. The van der Waals surface area contributed by atoms with Crippen molar-refractivity contribution in [3.8, 4) is 5.75 Å². The van der Waals surface area contributed by atoms with Crippen LogP contribution in [0.3, 0.4) is 0 Å². The largest absolute Gasteiger partial charge is 0.493 e. The third-order valence-electron chi connectivity index (χ3n) is 4.40. The summed E-state index contributed by atoms with van der Waals surface area (Å²) in [5, 5.41) is 0. The molecule has 6 nitrogen and oxygen atoms in total. The van der Waals surface area contributed by atoms with Gasteiger partial charge in [0.05, 0.1) is 17.6 Å². The van der Waals surface area contributed by atoms with E-state index in [1.165, 1.54) is 0 Å².